The van der Waals surface area contributed by atoms with Gasteiger partial charge < -0.3 is 20.5 Å². The smallest absolute Gasteiger partial charge is 0.264 e. The molecule has 0 radical (unpaired) electrons. The van der Waals surface area contributed by atoms with Crippen molar-refractivity contribution in [2.45, 2.75) is 25.1 Å². The van der Waals surface area contributed by atoms with Crippen LogP contribution in [0.15, 0.2) is 36.4 Å². The van der Waals surface area contributed by atoms with E-state index in [4.69, 9.17) is 15.2 Å². The monoisotopic (exact) mass is 475 g/mol. The third kappa shape index (κ3) is 4.55. The van der Waals surface area contributed by atoms with Crippen LogP contribution >= 0.6 is 0 Å². The summed E-state index contributed by atoms with van der Waals surface area (Å²) >= 11 is 0. The highest BCUT2D eigenvalue weighted by Gasteiger charge is 2.45. The van der Waals surface area contributed by atoms with Gasteiger partial charge in [-0.3, -0.25) is 19.3 Å². The predicted molar refractivity (Wildman–Crippen MR) is 121 cm³/mol. The number of thiol groups is 1. The number of nitrogens with one attached hydrogen (secondary N) is 1. The van der Waals surface area contributed by atoms with Gasteiger partial charge in [0.1, 0.15) is 10.7 Å². The molecule has 2 unspecified atom stereocenters. The molecule has 0 spiro atoms. The van der Waals surface area contributed by atoms with Gasteiger partial charge in [0.15, 0.2) is 11.5 Å². The average Bonchev–Trinajstić information content (AvgIpc) is 3.05. The molecule has 0 bridgehead atoms. The number of benzene rings is 2. The van der Waals surface area contributed by atoms with Crippen molar-refractivity contribution in [3.63, 3.8) is 0 Å². The molecule has 1 aliphatic heterocycles. The van der Waals surface area contributed by atoms with E-state index in [1.807, 2.05) is 0 Å². The number of nitrogens with two attached hydrogens (primary N) is 1. The number of carbonyl (C=O) groups is 3. The second-order valence-electron chi connectivity index (χ2n) is 7.27. The first kappa shape index (κ1) is 24.2. The fourth-order valence-electron chi connectivity index (χ4n) is 3.77. The summed E-state index contributed by atoms with van der Waals surface area (Å²) in [5, 5.41) is 1.41. The number of methoxy groups -OCH3 is 1. The van der Waals surface area contributed by atoms with Crippen molar-refractivity contribution in [2.75, 3.05) is 25.6 Å². The predicted octanol–water partition coefficient (Wildman–Crippen LogP) is 1.33. The molecule has 0 aromatic heterocycles. The Labute approximate surface area is 192 Å². The summed E-state index contributed by atoms with van der Waals surface area (Å²) in [5.41, 5.74) is 5.91. The number of hydrogen-bond acceptors (Lipinski definition) is 8. The van der Waals surface area contributed by atoms with Crippen LogP contribution in [-0.2, 0) is 15.5 Å². The SMILES string of the molecule is CCOc1cc(C(C(C)[SH](=O)=O)N2C(=O)c3cccc(NC(=O)CN)c3C2=O)ccc1OC. The minimum Gasteiger partial charge on any atom is -0.493 e. The zero-order valence-electron chi connectivity index (χ0n) is 18.4. The van der Waals surface area contributed by atoms with Crippen LogP contribution in [0.3, 0.4) is 0 Å². The minimum absolute atomic E-state index is 0.0128. The van der Waals surface area contributed by atoms with Gasteiger partial charge in [-0.05, 0) is 43.7 Å². The van der Waals surface area contributed by atoms with Crippen LogP contribution in [-0.4, -0.2) is 56.6 Å². The molecule has 176 valence electrons. The zero-order chi connectivity index (χ0) is 24.3. The molecule has 0 fully saturated rings. The van der Waals surface area contributed by atoms with Crippen molar-refractivity contribution in [3.8, 4) is 11.5 Å². The Morgan fingerprint density at radius 2 is 1.88 bits per heavy atom. The second kappa shape index (κ2) is 10.0. The first-order valence-electron chi connectivity index (χ1n) is 10.2. The van der Waals surface area contributed by atoms with E-state index < -0.39 is 39.7 Å². The van der Waals surface area contributed by atoms with Crippen LogP contribution in [0.25, 0.3) is 0 Å². The number of carbonyl (C=O) groups excluding carboxylic acids is 3. The molecular formula is C22H25N3O7S. The van der Waals surface area contributed by atoms with Crippen LogP contribution in [0, 0.1) is 0 Å². The highest BCUT2D eigenvalue weighted by Crippen LogP contribution is 2.39. The molecule has 0 saturated heterocycles. The van der Waals surface area contributed by atoms with Crippen molar-refractivity contribution >= 4 is 34.1 Å². The van der Waals surface area contributed by atoms with Crippen LogP contribution in [0.1, 0.15) is 46.2 Å². The lowest BCUT2D eigenvalue weighted by Gasteiger charge is -2.29. The van der Waals surface area contributed by atoms with Crippen LogP contribution in [0.4, 0.5) is 5.69 Å². The van der Waals surface area contributed by atoms with Crippen LogP contribution in [0.2, 0.25) is 0 Å². The summed E-state index contributed by atoms with van der Waals surface area (Å²) in [4.78, 5) is 39.5. The van der Waals surface area contributed by atoms with E-state index in [0.29, 0.717) is 23.7 Å². The summed E-state index contributed by atoms with van der Waals surface area (Å²) in [6, 6.07) is 8.04. The molecule has 0 saturated carbocycles. The minimum atomic E-state index is -3.01. The fourth-order valence-corrected chi connectivity index (χ4v) is 4.30. The summed E-state index contributed by atoms with van der Waals surface area (Å²) < 4.78 is 34.9. The summed E-state index contributed by atoms with van der Waals surface area (Å²) in [7, 11) is -1.55. The maximum Gasteiger partial charge on any atom is 0.264 e. The van der Waals surface area contributed by atoms with E-state index in [-0.39, 0.29) is 23.4 Å². The lowest BCUT2D eigenvalue weighted by Crippen LogP contribution is -2.40. The van der Waals surface area contributed by atoms with Gasteiger partial charge in [0.05, 0.1) is 48.4 Å². The number of amides is 3. The molecule has 2 aromatic carbocycles. The summed E-state index contributed by atoms with van der Waals surface area (Å²) in [5.74, 6) is -1.14. The first-order chi connectivity index (χ1) is 15.7. The van der Waals surface area contributed by atoms with E-state index >= 15 is 0 Å². The number of anilines is 1. The van der Waals surface area contributed by atoms with Crippen molar-refractivity contribution < 1.29 is 32.3 Å². The number of imide groups is 1. The maximum absolute atomic E-state index is 13.4. The van der Waals surface area contributed by atoms with E-state index in [1.165, 1.54) is 32.2 Å². The van der Waals surface area contributed by atoms with Crippen molar-refractivity contribution in [3.05, 3.63) is 53.1 Å². The summed E-state index contributed by atoms with van der Waals surface area (Å²) in [6.07, 6.45) is 0. The Balaban J connectivity index is 2.14. The second-order valence-corrected chi connectivity index (χ2v) is 8.66. The molecule has 33 heavy (non-hydrogen) atoms. The van der Waals surface area contributed by atoms with E-state index in [2.05, 4.69) is 5.32 Å². The normalized spacial score (nSPS) is 14.8. The Morgan fingerprint density at radius 1 is 1.15 bits per heavy atom. The maximum atomic E-state index is 13.4. The number of hydrogen-bond donors (Lipinski definition) is 3. The number of rotatable bonds is 9. The van der Waals surface area contributed by atoms with Crippen molar-refractivity contribution in [1.82, 2.24) is 4.90 Å². The van der Waals surface area contributed by atoms with Gasteiger partial charge in [0.25, 0.3) is 11.8 Å². The number of fused-ring (bicyclic) bond motifs is 1. The zero-order valence-corrected chi connectivity index (χ0v) is 19.3. The largest absolute Gasteiger partial charge is 0.493 e. The fraction of sp³-hybridized carbons (Fsp3) is 0.318. The quantitative estimate of drug-likeness (QED) is 0.364. The lowest BCUT2D eigenvalue weighted by molar-refractivity contribution is -0.114. The summed E-state index contributed by atoms with van der Waals surface area (Å²) in [6.45, 7) is 3.22. The Hall–Kier alpha value is -3.44. The van der Waals surface area contributed by atoms with Gasteiger partial charge in [-0.2, -0.15) is 0 Å². The molecule has 3 amide bonds. The van der Waals surface area contributed by atoms with Gasteiger partial charge in [-0.25, -0.2) is 8.42 Å². The Kier molecular flexibility index (Phi) is 7.34. The molecule has 1 aliphatic rings. The Bertz CT molecular complexity index is 1170. The van der Waals surface area contributed by atoms with E-state index in [9.17, 15) is 22.8 Å². The lowest BCUT2D eigenvalue weighted by atomic mass is 10.0. The van der Waals surface area contributed by atoms with Crippen molar-refractivity contribution in [2.24, 2.45) is 5.73 Å². The molecule has 2 aromatic rings. The van der Waals surface area contributed by atoms with E-state index in [1.54, 1.807) is 25.1 Å². The van der Waals surface area contributed by atoms with E-state index in [0.717, 1.165) is 4.90 Å². The van der Waals surface area contributed by atoms with Gasteiger partial charge in [0.2, 0.25) is 5.91 Å². The molecule has 3 rings (SSSR count). The third-order valence-electron chi connectivity index (χ3n) is 5.30. The molecular weight excluding hydrogens is 450 g/mol. The highest BCUT2D eigenvalue weighted by atomic mass is 32.2. The van der Waals surface area contributed by atoms with Crippen molar-refractivity contribution in [1.29, 1.82) is 0 Å². The van der Waals surface area contributed by atoms with Gasteiger partial charge in [-0.1, -0.05) is 12.1 Å². The van der Waals surface area contributed by atoms with Crippen LogP contribution < -0.4 is 20.5 Å². The molecule has 1 heterocycles. The molecule has 11 heteroatoms. The van der Waals surface area contributed by atoms with Gasteiger partial charge in [-0.15, -0.1) is 0 Å². The third-order valence-corrected chi connectivity index (χ3v) is 6.25. The molecule has 3 N–H and O–H groups in total. The molecule has 10 nitrogen and oxygen atoms in total. The molecule has 2 atom stereocenters. The van der Waals surface area contributed by atoms with Gasteiger partial charge >= 0.3 is 0 Å². The van der Waals surface area contributed by atoms with Gasteiger partial charge in [0, 0.05) is 0 Å². The van der Waals surface area contributed by atoms with Crippen LogP contribution in [0.5, 0.6) is 11.5 Å². The first-order valence-corrected chi connectivity index (χ1v) is 11.4. The Morgan fingerprint density at radius 3 is 2.48 bits per heavy atom. The average molecular weight is 476 g/mol. The highest BCUT2D eigenvalue weighted by molar-refractivity contribution is 7.73. The molecule has 0 aliphatic carbocycles. The number of ether oxygens (including phenoxy) is 2. The number of nitrogens with zero attached hydrogens (tertiary/aromatic N) is 1. The topological polar surface area (TPSA) is 145 Å². The standard InChI is InChI=1S/C22H25N3O7S/c1-4-32-17-10-13(8-9-16(17)31-3)20(12(2)33(29)30)25-21(27)14-6-5-7-15(19(14)22(25)28)24-18(26)11-23/h5-10,12,20,33H,4,11,23H2,1-3H3,(H,24,26).